The van der Waals surface area contributed by atoms with Crippen molar-refractivity contribution in [2.75, 3.05) is 27.2 Å². The zero-order chi connectivity index (χ0) is 13.1. The summed E-state index contributed by atoms with van der Waals surface area (Å²) in [5, 5.41) is 3.54. The van der Waals surface area contributed by atoms with Crippen molar-refractivity contribution in [2.45, 2.75) is 32.7 Å². The van der Waals surface area contributed by atoms with Crippen LogP contribution in [0.15, 0.2) is 28.3 Å². The van der Waals surface area contributed by atoms with Crippen LogP contribution in [0.5, 0.6) is 0 Å². The average molecular weight is 247 g/mol. The molecule has 1 N–H and O–H groups in total. The second kappa shape index (κ2) is 5.70. The highest BCUT2D eigenvalue weighted by Crippen LogP contribution is 2.24. The lowest BCUT2D eigenvalue weighted by molar-refractivity contribution is 0.341. The highest BCUT2D eigenvalue weighted by atomic mass is 15.1. The number of rotatable bonds is 2. The van der Waals surface area contributed by atoms with E-state index in [0.29, 0.717) is 12.0 Å². The quantitative estimate of drug-likeness (QED) is 0.758. The van der Waals surface area contributed by atoms with Crippen molar-refractivity contribution >= 4 is 5.84 Å². The number of aliphatic imine (C=N–C) groups is 1. The van der Waals surface area contributed by atoms with Gasteiger partial charge in [-0.15, -0.1) is 0 Å². The zero-order valence-electron chi connectivity index (χ0n) is 12.0. The van der Waals surface area contributed by atoms with Crippen molar-refractivity contribution < 1.29 is 0 Å². The number of amidine groups is 1. The van der Waals surface area contributed by atoms with E-state index < -0.39 is 0 Å². The fourth-order valence-electron chi connectivity index (χ4n) is 2.82. The molecule has 2 aliphatic heterocycles. The lowest BCUT2D eigenvalue weighted by Crippen LogP contribution is -2.40. The summed E-state index contributed by atoms with van der Waals surface area (Å²) >= 11 is 0. The van der Waals surface area contributed by atoms with Crippen molar-refractivity contribution in [3.05, 3.63) is 23.3 Å². The van der Waals surface area contributed by atoms with E-state index in [1.807, 2.05) is 0 Å². The molecule has 0 fully saturated rings. The molecule has 2 heterocycles. The molecule has 0 spiro atoms. The second-order valence-electron chi connectivity index (χ2n) is 5.79. The van der Waals surface area contributed by atoms with Gasteiger partial charge in [-0.3, -0.25) is 4.99 Å². The summed E-state index contributed by atoms with van der Waals surface area (Å²) in [7, 11) is 4.30. The van der Waals surface area contributed by atoms with Gasteiger partial charge in [0.25, 0.3) is 0 Å². The van der Waals surface area contributed by atoms with Crippen LogP contribution in [-0.2, 0) is 0 Å². The van der Waals surface area contributed by atoms with Gasteiger partial charge in [0, 0.05) is 25.0 Å². The van der Waals surface area contributed by atoms with E-state index in [-0.39, 0.29) is 0 Å². The molecule has 100 valence electrons. The molecule has 0 aromatic rings. The molecule has 0 aromatic heterocycles. The molecular formula is C15H25N3. The standard InChI is InChI=1S/C15H25N3/c1-11-5-6-14-13(10-18(3)4)7-8-16-15(14)17-12(2)9-11/h6,9,12-13H,5,7-8,10H2,1-4H3,(H,16,17)/b11-9+,14-6-. The van der Waals surface area contributed by atoms with E-state index >= 15 is 0 Å². The highest BCUT2D eigenvalue weighted by molar-refractivity contribution is 5.99. The fourth-order valence-corrected chi connectivity index (χ4v) is 2.82. The van der Waals surface area contributed by atoms with Crippen LogP contribution in [0.2, 0.25) is 0 Å². The van der Waals surface area contributed by atoms with Gasteiger partial charge in [-0.2, -0.15) is 0 Å². The Kier molecular flexibility index (Phi) is 4.23. The molecule has 2 atom stereocenters. The van der Waals surface area contributed by atoms with Crippen LogP contribution in [0.25, 0.3) is 0 Å². The molecule has 2 aliphatic rings. The van der Waals surface area contributed by atoms with Crippen LogP contribution in [0.4, 0.5) is 0 Å². The third-order valence-electron chi connectivity index (χ3n) is 3.59. The smallest absolute Gasteiger partial charge is 0.124 e. The van der Waals surface area contributed by atoms with Gasteiger partial charge in [0.05, 0.1) is 0 Å². The number of nitrogens with one attached hydrogen (secondary N) is 1. The minimum absolute atomic E-state index is 0.380. The number of hydrogen-bond acceptors (Lipinski definition) is 3. The van der Waals surface area contributed by atoms with Crippen molar-refractivity contribution in [1.29, 1.82) is 0 Å². The van der Waals surface area contributed by atoms with Crippen LogP contribution < -0.4 is 5.32 Å². The van der Waals surface area contributed by atoms with Gasteiger partial charge < -0.3 is 10.2 Å². The first-order valence-corrected chi connectivity index (χ1v) is 6.89. The highest BCUT2D eigenvalue weighted by Gasteiger charge is 2.24. The first kappa shape index (κ1) is 13.3. The summed E-state index contributed by atoms with van der Waals surface area (Å²) in [6, 6.07) is 0.380. The van der Waals surface area contributed by atoms with Gasteiger partial charge in [0.2, 0.25) is 0 Å². The molecule has 2 rings (SSSR count). The molecule has 0 saturated heterocycles. The van der Waals surface area contributed by atoms with E-state index in [2.05, 4.69) is 55.3 Å². The average Bonchev–Trinajstić information content (AvgIpc) is 2.25. The van der Waals surface area contributed by atoms with Crippen LogP contribution in [-0.4, -0.2) is 44.0 Å². The Balaban J connectivity index is 2.23. The lowest BCUT2D eigenvalue weighted by Gasteiger charge is -2.30. The van der Waals surface area contributed by atoms with Crippen LogP contribution in [0, 0.1) is 5.92 Å². The molecule has 2 unspecified atom stereocenters. The molecule has 3 heteroatoms. The summed E-state index contributed by atoms with van der Waals surface area (Å²) in [5.74, 6) is 1.75. The van der Waals surface area contributed by atoms with Crippen LogP contribution in [0.1, 0.15) is 26.7 Å². The monoisotopic (exact) mass is 247 g/mol. The predicted molar refractivity (Wildman–Crippen MR) is 78.0 cm³/mol. The van der Waals surface area contributed by atoms with Gasteiger partial charge in [-0.25, -0.2) is 0 Å². The van der Waals surface area contributed by atoms with Crippen molar-refractivity contribution in [2.24, 2.45) is 10.9 Å². The summed E-state index contributed by atoms with van der Waals surface area (Å²) in [4.78, 5) is 6.95. The molecule has 0 amide bonds. The van der Waals surface area contributed by atoms with E-state index in [4.69, 9.17) is 0 Å². The molecule has 0 aliphatic carbocycles. The Bertz CT molecular complexity index is 391. The van der Waals surface area contributed by atoms with E-state index in [9.17, 15) is 0 Å². The van der Waals surface area contributed by atoms with E-state index in [1.54, 1.807) is 0 Å². The Morgan fingerprint density at radius 3 is 2.94 bits per heavy atom. The molecular weight excluding hydrogens is 222 g/mol. The fraction of sp³-hybridized carbons (Fsp3) is 0.667. The SMILES string of the molecule is C/C1=C\C(C)NC2=NCCC(CN(C)C)/C2=C/C1. The third kappa shape index (κ3) is 3.22. The molecule has 0 saturated carbocycles. The van der Waals surface area contributed by atoms with Crippen molar-refractivity contribution in [1.82, 2.24) is 10.2 Å². The number of hydrogen-bond donors (Lipinski definition) is 1. The van der Waals surface area contributed by atoms with Gasteiger partial charge in [0.1, 0.15) is 5.84 Å². The van der Waals surface area contributed by atoms with Crippen LogP contribution in [0.3, 0.4) is 0 Å². The Morgan fingerprint density at radius 2 is 2.22 bits per heavy atom. The summed E-state index contributed by atoms with van der Waals surface area (Å²) < 4.78 is 0. The van der Waals surface area contributed by atoms with Gasteiger partial charge >= 0.3 is 0 Å². The van der Waals surface area contributed by atoms with Crippen molar-refractivity contribution in [3.63, 3.8) is 0 Å². The normalized spacial score (nSPS) is 34.2. The predicted octanol–water partition coefficient (Wildman–Crippen LogP) is 2.22. The van der Waals surface area contributed by atoms with Crippen molar-refractivity contribution in [3.8, 4) is 0 Å². The molecule has 0 aromatic carbocycles. The summed E-state index contributed by atoms with van der Waals surface area (Å²) in [6.45, 7) is 6.48. The van der Waals surface area contributed by atoms with Crippen LogP contribution >= 0.6 is 0 Å². The number of fused-ring (bicyclic) bond motifs is 1. The topological polar surface area (TPSA) is 27.6 Å². The maximum atomic E-state index is 4.68. The Morgan fingerprint density at radius 1 is 1.44 bits per heavy atom. The zero-order valence-corrected chi connectivity index (χ0v) is 12.0. The first-order valence-electron chi connectivity index (χ1n) is 6.89. The van der Waals surface area contributed by atoms with Gasteiger partial charge in [-0.1, -0.05) is 17.7 Å². The Hall–Kier alpha value is -1.09. The number of allylic oxidation sites excluding steroid dienone is 2. The summed E-state index contributed by atoms with van der Waals surface area (Å²) in [6.07, 6.45) is 6.90. The maximum Gasteiger partial charge on any atom is 0.124 e. The number of nitrogens with zero attached hydrogens (tertiary/aromatic N) is 2. The Labute approximate surface area is 111 Å². The largest absolute Gasteiger partial charge is 0.364 e. The minimum Gasteiger partial charge on any atom is -0.364 e. The molecule has 18 heavy (non-hydrogen) atoms. The third-order valence-corrected chi connectivity index (χ3v) is 3.59. The second-order valence-corrected chi connectivity index (χ2v) is 5.79. The van der Waals surface area contributed by atoms with Gasteiger partial charge in [-0.05, 0) is 46.4 Å². The molecule has 0 radical (unpaired) electrons. The van der Waals surface area contributed by atoms with Gasteiger partial charge in [0.15, 0.2) is 0 Å². The molecule has 0 bridgehead atoms. The molecule has 3 nitrogen and oxygen atoms in total. The maximum absolute atomic E-state index is 4.68. The summed E-state index contributed by atoms with van der Waals surface area (Å²) in [5.41, 5.74) is 2.87. The first-order chi connectivity index (χ1) is 8.56. The van der Waals surface area contributed by atoms with E-state index in [1.165, 1.54) is 17.6 Å². The van der Waals surface area contributed by atoms with E-state index in [0.717, 1.165) is 25.3 Å². The lowest BCUT2D eigenvalue weighted by atomic mass is 9.89. The minimum atomic E-state index is 0.380.